The molecule has 1 aromatic carbocycles. The van der Waals surface area contributed by atoms with Crippen molar-refractivity contribution in [1.29, 1.82) is 0 Å². The fourth-order valence-electron chi connectivity index (χ4n) is 2.15. The Morgan fingerprint density at radius 1 is 1.17 bits per heavy atom. The molecule has 2 aromatic rings. The minimum absolute atomic E-state index is 0.845. The number of halogens is 1. The van der Waals surface area contributed by atoms with Crippen LogP contribution in [0.15, 0.2) is 28.9 Å². The van der Waals surface area contributed by atoms with E-state index >= 15 is 0 Å². The molecule has 18 heavy (non-hydrogen) atoms. The summed E-state index contributed by atoms with van der Waals surface area (Å²) in [6, 6.07) is 6.09. The topological polar surface area (TPSA) is 32.3 Å². The molecule has 0 aliphatic carbocycles. The number of likely N-dealkylation sites (N-methyl/N-ethyl adjacent to an activating group) is 1. The van der Waals surface area contributed by atoms with Crippen molar-refractivity contribution in [1.82, 2.24) is 14.9 Å². The van der Waals surface area contributed by atoms with Crippen LogP contribution in [0.5, 0.6) is 0 Å². The molecule has 1 saturated heterocycles. The zero-order valence-electron chi connectivity index (χ0n) is 10.3. The molecule has 1 fully saturated rings. The molecule has 1 aliphatic rings. The van der Waals surface area contributed by atoms with Crippen LogP contribution in [-0.4, -0.2) is 48.1 Å². The monoisotopic (exact) mass is 306 g/mol. The fourth-order valence-corrected chi connectivity index (χ4v) is 2.53. The van der Waals surface area contributed by atoms with Gasteiger partial charge in [-0.25, -0.2) is 9.97 Å². The largest absolute Gasteiger partial charge is 0.338 e. The third-order valence-electron chi connectivity index (χ3n) is 3.32. The summed E-state index contributed by atoms with van der Waals surface area (Å²) in [6.45, 7) is 4.14. The normalized spacial score (nSPS) is 17.3. The molecule has 5 heteroatoms. The smallest absolute Gasteiger partial charge is 0.225 e. The van der Waals surface area contributed by atoms with E-state index in [4.69, 9.17) is 0 Å². The maximum Gasteiger partial charge on any atom is 0.225 e. The second-order valence-corrected chi connectivity index (χ2v) is 5.58. The van der Waals surface area contributed by atoms with Crippen LogP contribution in [0.1, 0.15) is 0 Å². The van der Waals surface area contributed by atoms with Gasteiger partial charge in [-0.15, -0.1) is 0 Å². The van der Waals surface area contributed by atoms with Crippen molar-refractivity contribution < 1.29 is 0 Å². The lowest BCUT2D eigenvalue weighted by atomic mass is 10.2. The van der Waals surface area contributed by atoms with E-state index in [-0.39, 0.29) is 0 Å². The Morgan fingerprint density at radius 2 is 1.94 bits per heavy atom. The average Bonchev–Trinajstić information content (AvgIpc) is 2.39. The molecule has 1 aliphatic heterocycles. The summed E-state index contributed by atoms with van der Waals surface area (Å²) in [6.07, 6.45) is 1.90. The van der Waals surface area contributed by atoms with Crippen molar-refractivity contribution in [3.63, 3.8) is 0 Å². The first-order chi connectivity index (χ1) is 8.72. The number of anilines is 1. The molecule has 0 amide bonds. The van der Waals surface area contributed by atoms with Gasteiger partial charge in [0.15, 0.2) is 0 Å². The zero-order valence-corrected chi connectivity index (χ0v) is 11.9. The summed E-state index contributed by atoms with van der Waals surface area (Å²) < 4.78 is 1.06. The lowest BCUT2D eigenvalue weighted by molar-refractivity contribution is 0.311. The highest BCUT2D eigenvalue weighted by molar-refractivity contribution is 9.10. The molecule has 0 atom stereocenters. The van der Waals surface area contributed by atoms with Gasteiger partial charge in [0, 0.05) is 42.2 Å². The lowest BCUT2D eigenvalue weighted by Crippen LogP contribution is -2.45. The number of hydrogen-bond donors (Lipinski definition) is 0. The van der Waals surface area contributed by atoms with Crippen molar-refractivity contribution >= 4 is 32.8 Å². The van der Waals surface area contributed by atoms with Gasteiger partial charge in [0.2, 0.25) is 5.95 Å². The fraction of sp³-hybridized carbons (Fsp3) is 0.385. The van der Waals surface area contributed by atoms with Crippen LogP contribution >= 0.6 is 15.9 Å². The minimum atomic E-state index is 0.845. The summed E-state index contributed by atoms with van der Waals surface area (Å²) in [5, 5.41) is 1.07. The van der Waals surface area contributed by atoms with Crippen LogP contribution in [0.2, 0.25) is 0 Å². The molecule has 4 nitrogen and oxygen atoms in total. The van der Waals surface area contributed by atoms with E-state index < -0.39 is 0 Å². The van der Waals surface area contributed by atoms with E-state index in [0.29, 0.717) is 0 Å². The predicted octanol–water partition coefficient (Wildman–Crippen LogP) is 2.14. The van der Waals surface area contributed by atoms with Crippen molar-refractivity contribution in [3.8, 4) is 0 Å². The Hall–Kier alpha value is -1.20. The second-order valence-electron chi connectivity index (χ2n) is 4.66. The van der Waals surface area contributed by atoms with Gasteiger partial charge in [-0.2, -0.15) is 0 Å². The highest BCUT2D eigenvalue weighted by Crippen LogP contribution is 2.20. The molecule has 0 spiro atoms. The van der Waals surface area contributed by atoms with Crippen molar-refractivity contribution in [2.75, 3.05) is 38.1 Å². The molecule has 0 saturated carbocycles. The first-order valence-electron chi connectivity index (χ1n) is 6.08. The van der Waals surface area contributed by atoms with E-state index in [1.165, 1.54) is 0 Å². The lowest BCUT2D eigenvalue weighted by Gasteiger charge is -2.32. The number of piperazine rings is 1. The van der Waals surface area contributed by atoms with E-state index in [9.17, 15) is 0 Å². The summed E-state index contributed by atoms with van der Waals surface area (Å²) in [7, 11) is 2.15. The van der Waals surface area contributed by atoms with Gasteiger partial charge in [0.1, 0.15) is 0 Å². The van der Waals surface area contributed by atoms with Gasteiger partial charge in [0.25, 0.3) is 0 Å². The Balaban J connectivity index is 1.91. The van der Waals surface area contributed by atoms with E-state index in [1.54, 1.807) is 0 Å². The maximum atomic E-state index is 4.64. The van der Waals surface area contributed by atoms with Crippen LogP contribution in [0.25, 0.3) is 10.9 Å². The number of aromatic nitrogens is 2. The number of fused-ring (bicyclic) bond motifs is 1. The third kappa shape index (κ3) is 2.33. The van der Waals surface area contributed by atoms with Gasteiger partial charge in [0.05, 0.1) is 5.52 Å². The number of rotatable bonds is 1. The van der Waals surface area contributed by atoms with Crippen LogP contribution in [0.3, 0.4) is 0 Å². The molecule has 3 rings (SSSR count). The van der Waals surface area contributed by atoms with Gasteiger partial charge in [-0.05, 0) is 25.2 Å². The van der Waals surface area contributed by atoms with Crippen LogP contribution in [0.4, 0.5) is 5.95 Å². The molecule has 0 N–H and O–H groups in total. The van der Waals surface area contributed by atoms with E-state index in [2.05, 4.69) is 42.7 Å². The van der Waals surface area contributed by atoms with Gasteiger partial charge in [-0.1, -0.05) is 15.9 Å². The SMILES string of the molecule is CN1CCN(c2ncc3cc(Br)ccc3n2)CC1. The summed E-state index contributed by atoms with van der Waals surface area (Å²) >= 11 is 3.46. The summed E-state index contributed by atoms with van der Waals surface area (Å²) in [5.41, 5.74) is 1.00. The second kappa shape index (κ2) is 4.82. The molecule has 94 valence electrons. The first kappa shape index (κ1) is 11.9. The van der Waals surface area contributed by atoms with Crippen LogP contribution in [-0.2, 0) is 0 Å². The highest BCUT2D eigenvalue weighted by Gasteiger charge is 2.16. The quantitative estimate of drug-likeness (QED) is 0.808. The molecular formula is C13H15BrN4. The molecular weight excluding hydrogens is 292 g/mol. The highest BCUT2D eigenvalue weighted by atomic mass is 79.9. The first-order valence-corrected chi connectivity index (χ1v) is 6.87. The van der Waals surface area contributed by atoms with Crippen molar-refractivity contribution in [3.05, 3.63) is 28.9 Å². The molecule has 0 bridgehead atoms. The van der Waals surface area contributed by atoms with Crippen molar-refractivity contribution in [2.45, 2.75) is 0 Å². The summed E-state index contributed by atoms with van der Waals surface area (Å²) in [4.78, 5) is 13.7. The molecule has 0 unspecified atom stereocenters. The Morgan fingerprint density at radius 3 is 2.72 bits per heavy atom. The zero-order chi connectivity index (χ0) is 12.5. The average molecular weight is 307 g/mol. The number of hydrogen-bond acceptors (Lipinski definition) is 4. The molecule has 1 aromatic heterocycles. The van der Waals surface area contributed by atoms with E-state index in [0.717, 1.165) is 47.5 Å². The van der Waals surface area contributed by atoms with Gasteiger partial charge >= 0.3 is 0 Å². The van der Waals surface area contributed by atoms with Crippen LogP contribution in [0, 0.1) is 0 Å². The number of benzene rings is 1. The maximum absolute atomic E-state index is 4.64. The van der Waals surface area contributed by atoms with Gasteiger partial charge < -0.3 is 9.80 Å². The number of nitrogens with zero attached hydrogens (tertiary/aromatic N) is 4. The summed E-state index contributed by atoms with van der Waals surface area (Å²) in [5.74, 6) is 0.845. The van der Waals surface area contributed by atoms with E-state index in [1.807, 2.05) is 24.4 Å². The van der Waals surface area contributed by atoms with Gasteiger partial charge in [-0.3, -0.25) is 0 Å². The predicted molar refractivity (Wildman–Crippen MR) is 76.9 cm³/mol. The third-order valence-corrected chi connectivity index (χ3v) is 3.81. The Labute approximate surface area is 115 Å². The Bertz CT molecular complexity index is 564. The minimum Gasteiger partial charge on any atom is -0.338 e. The Kier molecular flexibility index (Phi) is 3.18. The molecule has 2 heterocycles. The van der Waals surface area contributed by atoms with Crippen LogP contribution < -0.4 is 4.90 Å². The molecule has 0 radical (unpaired) electrons. The van der Waals surface area contributed by atoms with Crippen molar-refractivity contribution in [2.24, 2.45) is 0 Å². The standard InChI is InChI=1S/C13H15BrN4/c1-17-4-6-18(7-5-17)13-15-9-10-8-11(14)2-3-12(10)16-13/h2-3,8-9H,4-7H2,1H3.